The first-order valence-corrected chi connectivity index (χ1v) is 4.66. The first-order valence-electron chi connectivity index (χ1n) is 4.13. The lowest BCUT2D eigenvalue weighted by Crippen LogP contribution is -2.15. The molecule has 6 nitrogen and oxygen atoms in total. The lowest BCUT2D eigenvalue weighted by molar-refractivity contribution is -0.117. The molecular formula is C7H11ClN4O2. The summed E-state index contributed by atoms with van der Waals surface area (Å²) >= 11 is 5.48. The fourth-order valence-corrected chi connectivity index (χ4v) is 0.961. The van der Waals surface area contributed by atoms with Crippen molar-refractivity contribution in [1.29, 1.82) is 0 Å². The molecule has 14 heavy (non-hydrogen) atoms. The smallest absolute Gasteiger partial charge is 0.315 e. The molecule has 0 spiro atoms. The first-order chi connectivity index (χ1) is 6.72. The summed E-state index contributed by atoms with van der Waals surface area (Å²) in [5.41, 5.74) is 4.95. The molecule has 0 fully saturated rings. The van der Waals surface area contributed by atoms with Crippen LogP contribution in [0.3, 0.4) is 0 Å². The SMILES string of the molecule is NC(=O)CCNc1nnc(CCCl)o1. The summed E-state index contributed by atoms with van der Waals surface area (Å²) in [7, 11) is 0. The van der Waals surface area contributed by atoms with Gasteiger partial charge >= 0.3 is 6.01 Å². The van der Waals surface area contributed by atoms with Crippen LogP contribution in [0.25, 0.3) is 0 Å². The molecule has 7 heteroatoms. The first kappa shape index (κ1) is 10.8. The van der Waals surface area contributed by atoms with Crippen molar-refractivity contribution in [1.82, 2.24) is 10.2 Å². The van der Waals surface area contributed by atoms with Gasteiger partial charge in [-0.1, -0.05) is 5.10 Å². The monoisotopic (exact) mass is 218 g/mol. The molecule has 0 bridgehead atoms. The number of amides is 1. The number of primary amides is 1. The minimum Gasteiger partial charge on any atom is -0.408 e. The van der Waals surface area contributed by atoms with E-state index < -0.39 is 0 Å². The Bertz CT molecular complexity index is 302. The highest BCUT2D eigenvalue weighted by Gasteiger charge is 2.04. The Morgan fingerprint density at radius 2 is 2.36 bits per heavy atom. The normalized spacial score (nSPS) is 10.1. The largest absolute Gasteiger partial charge is 0.408 e. The molecule has 1 aromatic rings. The summed E-state index contributed by atoms with van der Waals surface area (Å²) in [6, 6.07) is 0.284. The maximum atomic E-state index is 10.4. The maximum Gasteiger partial charge on any atom is 0.315 e. The van der Waals surface area contributed by atoms with E-state index in [1.54, 1.807) is 0 Å². The number of hydrogen-bond acceptors (Lipinski definition) is 5. The molecule has 1 rings (SSSR count). The molecule has 0 atom stereocenters. The predicted octanol–water partition coefficient (Wildman–Crippen LogP) is 0.138. The van der Waals surface area contributed by atoms with Gasteiger partial charge < -0.3 is 15.5 Å². The molecule has 0 aliphatic carbocycles. The molecule has 1 amide bonds. The third-order valence-electron chi connectivity index (χ3n) is 1.42. The van der Waals surface area contributed by atoms with Gasteiger partial charge in [0.25, 0.3) is 0 Å². The van der Waals surface area contributed by atoms with Crippen LogP contribution >= 0.6 is 11.6 Å². The topological polar surface area (TPSA) is 94.0 Å². The Hall–Kier alpha value is -1.30. The van der Waals surface area contributed by atoms with Crippen LogP contribution in [0.5, 0.6) is 0 Å². The number of carbonyl (C=O) groups is 1. The Kier molecular flexibility index (Phi) is 4.18. The van der Waals surface area contributed by atoms with Crippen molar-refractivity contribution in [3.63, 3.8) is 0 Å². The third kappa shape index (κ3) is 3.61. The highest BCUT2D eigenvalue weighted by atomic mass is 35.5. The summed E-state index contributed by atoms with van der Waals surface area (Å²) in [6.07, 6.45) is 0.763. The van der Waals surface area contributed by atoms with Crippen LogP contribution in [-0.4, -0.2) is 28.5 Å². The molecule has 0 radical (unpaired) electrons. The summed E-state index contributed by atoms with van der Waals surface area (Å²) in [5, 5.41) is 10.2. The average molecular weight is 219 g/mol. The minimum atomic E-state index is -0.377. The zero-order valence-corrected chi connectivity index (χ0v) is 8.25. The Morgan fingerprint density at radius 1 is 1.57 bits per heavy atom. The Labute approximate surface area is 85.8 Å². The van der Waals surface area contributed by atoms with Crippen LogP contribution in [0.4, 0.5) is 6.01 Å². The molecule has 0 aliphatic rings. The van der Waals surface area contributed by atoms with Crippen LogP contribution < -0.4 is 11.1 Å². The summed E-state index contributed by atoms with van der Waals surface area (Å²) in [4.78, 5) is 10.4. The fraction of sp³-hybridized carbons (Fsp3) is 0.571. The number of nitrogens with zero attached hydrogens (tertiary/aromatic N) is 2. The van der Waals surface area contributed by atoms with Crippen molar-refractivity contribution in [3.8, 4) is 0 Å². The Morgan fingerprint density at radius 3 is 3.00 bits per heavy atom. The molecule has 78 valence electrons. The van der Waals surface area contributed by atoms with Crippen molar-refractivity contribution < 1.29 is 9.21 Å². The van der Waals surface area contributed by atoms with Gasteiger partial charge in [-0.2, -0.15) is 0 Å². The fourth-order valence-electron chi connectivity index (χ4n) is 0.800. The number of rotatable bonds is 6. The van der Waals surface area contributed by atoms with Gasteiger partial charge in [0.1, 0.15) is 0 Å². The second kappa shape index (κ2) is 5.43. The van der Waals surface area contributed by atoms with Gasteiger partial charge in [0.2, 0.25) is 11.8 Å². The van der Waals surface area contributed by atoms with E-state index in [1.807, 2.05) is 0 Å². The maximum absolute atomic E-state index is 10.4. The van der Waals surface area contributed by atoms with Gasteiger partial charge in [0, 0.05) is 25.3 Å². The number of aryl methyl sites for hydroxylation is 1. The Balaban J connectivity index is 2.32. The van der Waals surface area contributed by atoms with E-state index in [9.17, 15) is 4.79 Å². The van der Waals surface area contributed by atoms with E-state index in [1.165, 1.54) is 0 Å². The van der Waals surface area contributed by atoms with Gasteiger partial charge in [0.15, 0.2) is 0 Å². The summed E-state index contributed by atoms with van der Waals surface area (Å²) in [6.45, 7) is 0.387. The van der Waals surface area contributed by atoms with E-state index >= 15 is 0 Å². The molecule has 0 aromatic carbocycles. The molecule has 0 saturated carbocycles. The highest BCUT2D eigenvalue weighted by molar-refractivity contribution is 6.17. The average Bonchev–Trinajstić information content (AvgIpc) is 2.53. The summed E-state index contributed by atoms with van der Waals surface area (Å²) < 4.78 is 5.14. The lowest BCUT2D eigenvalue weighted by atomic mass is 10.4. The number of carbonyl (C=O) groups excluding carboxylic acids is 1. The molecule has 0 unspecified atom stereocenters. The molecule has 3 N–H and O–H groups in total. The van der Waals surface area contributed by atoms with Crippen molar-refractivity contribution in [3.05, 3.63) is 5.89 Å². The van der Waals surface area contributed by atoms with E-state index in [-0.39, 0.29) is 18.3 Å². The van der Waals surface area contributed by atoms with Gasteiger partial charge in [-0.3, -0.25) is 4.79 Å². The van der Waals surface area contributed by atoms with Crippen LogP contribution in [0, 0.1) is 0 Å². The zero-order valence-electron chi connectivity index (χ0n) is 7.49. The number of aromatic nitrogens is 2. The molecule has 1 aromatic heterocycles. The van der Waals surface area contributed by atoms with Crippen molar-refractivity contribution in [2.75, 3.05) is 17.7 Å². The molecular weight excluding hydrogens is 208 g/mol. The number of anilines is 1. The molecule has 1 heterocycles. The van der Waals surface area contributed by atoms with Crippen molar-refractivity contribution >= 4 is 23.5 Å². The lowest BCUT2D eigenvalue weighted by Gasteiger charge is -1.96. The number of alkyl halides is 1. The van der Waals surface area contributed by atoms with Crippen LogP contribution in [0.1, 0.15) is 12.3 Å². The van der Waals surface area contributed by atoms with E-state index in [4.69, 9.17) is 21.8 Å². The van der Waals surface area contributed by atoms with Crippen LogP contribution in [0.2, 0.25) is 0 Å². The van der Waals surface area contributed by atoms with Gasteiger partial charge in [-0.15, -0.1) is 16.7 Å². The molecule has 0 saturated heterocycles. The number of nitrogens with one attached hydrogen (secondary N) is 1. The van der Waals surface area contributed by atoms with Crippen molar-refractivity contribution in [2.45, 2.75) is 12.8 Å². The van der Waals surface area contributed by atoms with E-state index in [0.717, 1.165) is 0 Å². The van der Waals surface area contributed by atoms with E-state index in [0.29, 0.717) is 24.7 Å². The standard InChI is InChI=1S/C7H11ClN4O2/c8-3-1-6-11-12-7(14-6)10-4-2-5(9)13/h1-4H2,(H2,9,13)(H,10,12). The quantitative estimate of drug-likeness (QED) is 0.663. The van der Waals surface area contributed by atoms with E-state index in [2.05, 4.69) is 15.5 Å². The van der Waals surface area contributed by atoms with Crippen LogP contribution in [0.15, 0.2) is 4.42 Å². The number of hydrogen-bond donors (Lipinski definition) is 2. The van der Waals surface area contributed by atoms with Crippen LogP contribution in [-0.2, 0) is 11.2 Å². The number of halogens is 1. The third-order valence-corrected chi connectivity index (χ3v) is 1.61. The minimum absolute atomic E-state index is 0.229. The second-order valence-corrected chi connectivity index (χ2v) is 2.96. The number of nitrogens with two attached hydrogens (primary N) is 1. The van der Waals surface area contributed by atoms with Crippen molar-refractivity contribution in [2.24, 2.45) is 5.73 Å². The zero-order chi connectivity index (χ0) is 10.4. The molecule has 0 aliphatic heterocycles. The van der Waals surface area contributed by atoms with Gasteiger partial charge in [-0.05, 0) is 0 Å². The predicted molar refractivity (Wildman–Crippen MR) is 51.0 cm³/mol. The highest BCUT2D eigenvalue weighted by Crippen LogP contribution is 2.06. The van der Waals surface area contributed by atoms with Gasteiger partial charge in [0.05, 0.1) is 0 Å². The summed E-state index contributed by atoms with van der Waals surface area (Å²) in [5.74, 6) is 0.530. The van der Waals surface area contributed by atoms with Gasteiger partial charge in [-0.25, -0.2) is 0 Å². The second-order valence-electron chi connectivity index (χ2n) is 2.58.